The Morgan fingerprint density at radius 1 is 0.941 bits per heavy atom. The summed E-state index contributed by atoms with van der Waals surface area (Å²) < 4.78 is 25.7. The van der Waals surface area contributed by atoms with Crippen molar-refractivity contribution < 1.29 is 13.9 Å². The highest BCUT2D eigenvalue weighted by Crippen LogP contribution is 2.25. The van der Waals surface area contributed by atoms with Gasteiger partial charge in [-0.25, -0.2) is 8.78 Å². The van der Waals surface area contributed by atoms with E-state index >= 15 is 0 Å². The maximum Gasteiger partial charge on any atom is 0.141 e. The molecule has 0 aliphatic rings. The number of hydrogen-bond donors (Lipinski definition) is 1. The van der Waals surface area contributed by atoms with E-state index in [0.717, 1.165) is 0 Å². The van der Waals surface area contributed by atoms with Gasteiger partial charge in [0, 0.05) is 0 Å². The molecule has 4 heteroatoms. The van der Waals surface area contributed by atoms with Gasteiger partial charge in [0.15, 0.2) is 0 Å². The van der Waals surface area contributed by atoms with Crippen LogP contribution in [0.25, 0.3) is 0 Å². The van der Waals surface area contributed by atoms with Crippen LogP contribution in [0.2, 0.25) is 5.02 Å². The Morgan fingerprint density at radius 3 is 2.12 bits per heavy atom. The highest BCUT2D eigenvalue weighted by Gasteiger charge is 2.12. The molecular weight excluding hydrogens is 246 g/mol. The zero-order valence-corrected chi connectivity index (χ0v) is 9.46. The van der Waals surface area contributed by atoms with Crippen molar-refractivity contribution in [2.45, 2.75) is 6.10 Å². The molecule has 0 saturated carbocycles. The summed E-state index contributed by atoms with van der Waals surface area (Å²) in [4.78, 5) is 0. The molecule has 0 amide bonds. The van der Waals surface area contributed by atoms with Gasteiger partial charge in [-0.05, 0) is 35.4 Å². The fourth-order valence-electron chi connectivity index (χ4n) is 1.52. The standard InChI is InChI=1S/C13H9ClF2O/c14-11-7-9(3-6-12(11)16)13(17)8-1-4-10(15)5-2-8/h1-7,13,17H/t13-/m0/s1. The van der Waals surface area contributed by atoms with E-state index in [1.807, 2.05) is 0 Å². The molecule has 2 aromatic carbocycles. The minimum atomic E-state index is -0.950. The van der Waals surface area contributed by atoms with Gasteiger partial charge in [-0.15, -0.1) is 0 Å². The van der Waals surface area contributed by atoms with Gasteiger partial charge in [0.1, 0.15) is 17.7 Å². The molecule has 0 aromatic heterocycles. The zero-order valence-electron chi connectivity index (χ0n) is 8.70. The summed E-state index contributed by atoms with van der Waals surface area (Å²) in [5, 5.41) is 9.94. The van der Waals surface area contributed by atoms with Crippen LogP contribution in [-0.2, 0) is 0 Å². The van der Waals surface area contributed by atoms with E-state index in [0.29, 0.717) is 11.1 Å². The van der Waals surface area contributed by atoms with Crippen molar-refractivity contribution in [3.05, 3.63) is 70.2 Å². The van der Waals surface area contributed by atoms with E-state index in [9.17, 15) is 13.9 Å². The summed E-state index contributed by atoms with van der Waals surface area (Å²) >= 11 is 5.62. The number of hydrogen-bond acceptors (Lipinski definition) is 1. The number of rotatable bonds is 2. The molecule has 1 N–H and O–H groups in total. The molecule has 0 bridgehead atoms. The van der Waals surface area contributed by atoms with Crippen LogP contribution in [0.4, 0.5) is 8.78 Å². The van der Waals surface area contributed by atoms with E-state index in [2.05, 4.69) is 0 Å². The van der Waals surface area contributed by atoms with Gasteiger partial charge >= 0.3 is 0 Å². The molecule has 0 aliphatic carbocycles. The molecule has 0 unspecified atom stereocenters. The van der Waals surface area contributed by atoms with Gasteiger partial charge in [-0.2, -0.15) is 0 Å². The predicted octanol–water partition coefficient (Wildman–Crippen LogP) is 3.70. The van der Waals surface area contributed by atoms with E-state index in [4.69, 9.17) is 11.6 Å². The molecule has 0 saturated heterocycles. The second kappa shape index (κ2) is 4.82. The van der Waals surface area contributed by atoms with Gasteiger partial charge in [-0.1, -0.05) is 29.8 Å². The molecule has 0 fully saturated rings. The van der Waals surface area contributed by atoms with Gasteiger partial charge in [0.2, 0.25) is 0 Å². The Kier molecular flexibility index (Phi) is 3.41. The molecule has 2 aromatic rings. The first-order valence-corrected chi connectivity index (χ1v) is 5.34. The molecule has 0 heterocycles. The summed E-state index contributed by atoms with van der Waals surface area (Å²) in [5.74, 6) is -0.917. The Hall–Kier alpha value is -1.45. The fraction of sp³-hybridized carbons (Fsp3) is 0.0769. The second-order valence-corrected chi connectivity index (χ2v) is 4.03. The van der Waals surface area contributed by atoms with Crippen LogP contribution in [0, 0.1) is 11.6 Å². The zero-order chi connectivity index (χ0) is 12.4. The molecule has 0 aliphatic heterocycles. The normalized spacial score (nSPS) is 12.5. The van der Waals surface area contributed by atoms with Crippen LogP contribution in [0.15, 0.2) is 42.5 Å². The van der Waals surface area contributed by atoms with Crippen LogP contribution in [0.3, 0.4) is 0 Å². The van der Waals surface area contributed by atoms with Crippen molar-refractivity contribution in [3.8, 4) is 0 Å². The number of aliphatic hydroxyl groups is 1. The highest BCUT2D eigenvalue weighted by molar-refractivity contribution is 6.30. The Morgan fingerprint density at radius 2 is 1.53 bits per heavy atom. The third-order valence-electron chi connectivity index (χ3n) is 2.45. The molecule has 0 spiro atoms. The van der Waals surface area contributed by atoms with E-state index < -0.39 is 11.9 Å². The lowest BCUT2D eigenvalue weighted by Crippen LogP contribution is -2.00. The maximum atomic E-state index is 13.0. The van der Waals surface area contributed by atoms with Crippen molar-refractivity contribution in [2.75, 3.05) is 0 Å². The Labute approximate surface area is 102 Å². The molecule has 88 valence electrons. The number of aliphatic hydroxyl groups excluding tert-OH is 1. The minimum Gasteiger partial charge on any atom is -0.384 e. The third-order valence-corrected chi connectivity index (χ3v) is 2.73. The first-order valence-electron chi connectivity index (χ1n) is 4.96. The lowest BCUT2D eigenvalue weighted by molar-refractivity contribution is 0.220. The number of halogens is 3. The lowest BCUT2D eigenvalue weighted by atomic mass is 10.0. The van der Waals surface area contributed by atoms with E-state index in [1.54, 1.807) is 0 Å². The SMILES string of the molecule is O[C@@H](c1ccc(F)cc1)c1ccc(F)c(Cl)c1. The van der Waals surface area contributed by atoms with Crippen molar-refractivity contribution in [2.24, 2.45) is 0 Å². The average Bonchev–Trinajstić information content (AvgIpc) is 2.33. The first-order chi connectivity index (χ1) is 8.08. The molecule has 1 nitrogen and oxygen atoms in total. The Balaban J connectivity index is 2.33. The summed E-state index contributed by atoms with van der Waals surface area (Å²) in [6.45, 7) is 0. The summed E-state index contributed by atoms with van der Waals surface area (Å²) in [6.07, 6.45) is -0.950. The van der Waals surface area contributed by atoms with Crippen molar-refractivity contribution >= 4 is 11.6 Å². The van der Waals surface area contributed by atoms with E-state index in [-0.39, 0.29) is 10.8 Å². The maximum absolute atomic E-state index is 13.0. The summed E-state index contributed by atoms with van der Waals surface area (Å²) in [7, 11) is 0. The van der Waals surface area contributed by atoms with E-state index in [1.165, 1.54) is 42.5 Å². The topological polar surface area (TPSA) is 20.2 Å². The quantitative estimate of drug-likeness (QED) is 0.866. The molecule has 0 radical (unpaired) electrons. The van der Waals surface area contributed by atoms with Crippen LogP contribution in [-0.4, -0.2) is 5.11 Å². The van der Waals surface area contributed by atoms with Crippen molar-refractivity contribution in [1.82, 2.24) is 0 Å². The van der Waals surface area contributed by atoms with Crippen molar-refractivity contribution in [3.63, 3.8) is 0 Å². The first kappa shape index (κ1) is 12.0. The number of benzene rings is 2. The predicted molar refractivity (Wildman–Crippen MR) is 61.9 cm³/mol. The van der Waals surface area contributed by atoms with Gasteiger partial charge in [-0.3, -0.25) is 0 Å². The fourth-order valence-corrected chi connectivity index (χ4v) is 1.71. The lowest BCUT2D eigenvalue weighted by Gasteiger charge is -2.11. The third kappa shape index (κ3) is 2.62. The van der Waals surface area contributed by atoms with Crippen LogP contribution >= 0.6 is 11.6 Å². The molecule has 1 atom stereocenters. The van der Waals surface area contributed by atoms with Gasteiger partial charge in [0.05, 0.1) is 5.02 Å². The monoisotopic (exact) mass is 254 g/mol. The summed E-state index contributed by atoms with van der Waals surface area (Å²) in [5.41, 5.74) is 0.983. The van der Waals surface area contributed by atoms with Crippen LogP contribution < -0.4 is 0 Å². The Bertz CT molecular complexity index is 525. The van der Waals surface area contributed by atoms with Gasteiger partial charge in [0.25, 0.3) is 0 Å². The van der Waals surface area contributed by atoms with Crippen LogP contribution in [0.5, 0.6) is 0 Å². The average molecular weight is 255 g/mol. The molecule has 2 rings (SSSR count). The smallest absolute Gasteiger partial charge is 0.141 e. The second-order valence-electron chi connectivity index (χ2n) is 3.63. The van der Waals surface area contributed by atoms with Crippen molar-refractivity contribution in [1.29, 1.82) is 0 Å². The summed E-state index contributed by atoms with van der Waals surface area (Å²) in [6, 6.07) is 9.42. The highest BCUT2D eigenvalue weighted by atomic mass is 35.5. The molecular formula is C13H9ClF2O. The molecule has 17 heavy (non-hydrogen) atoms. The van der Waals surface area contributed by atoms with Gasteiger partial charge < -0.3 is 5.11 Å². The van der Waals surface area contributed by atoms with Crippen LogP contribution in [0.1, 0.15) is 17.2 Å². The largest absolute Gasteiger partial charge is 0.384 e. The minimum absolute atomic E-state index is 0.0522.